The Hall–Kier alpha value is -1.49. The molecule has 8 atom stereocenters. The van der Waals surface area contributed by atoms with Crippen LogP contribution in [0.1, 0.15) is 106 Å². The van der Waals surface area contributed by atoms with Crippen LogP contribution < -0.4 is 5.32 Å². The van der Waals surface area contributed by atoms with Crippen molar-refractivity contribution in [3.05, 3.63) is 11.6 Å². The Morgan fingerprint density at radius 2 is 1.64 bits per heavy atom. The predicted octanol–water partition coefficient (Wildman–Crippen LogP) is 5.60. The largest absolute Gasteiger partial charge is 0.377 e. The fraction of sp³-hybridized carbons (Fsp3) is 0.839. The van der Waals surface area contributed by atoms with Gasteiger partial charge in [-0.25, -0.2) is 0 Å². The molecule has 36 heavy (non-hydrogen) atoms. The van der Waals surface area contributed by atoms with Crippen LogP contribution in [0, 0.1) is 50.2 Å². The van der Waals surface area contributed by atoms with Gasteiger partial charge in [0.25, 0.3) is 0 Å². The molecule has 0 aromatic heterocycles. The van der Waals surface area contributed by atoms with Crippen LogP contribution in [0.4, 0.5) is 0 Å². The number of allylic oxidation sites excluding steroid dienone is 2. The summed E-state index contributed by atoms with van der Waals surface area (Å²) in [5, 5.41) is 12.0. The Labute approximate surface area is 217 Å². The van der Waals surface area contributed by atoms with E-state index in [0.29, 0.717) is 12.2 Å². The molecular formula is C31H47NO4. The molecule has 0 heterocycles. The lowest BCUT2D eigenvalue weighted by Gasteiger charge is -2.70. The first-order valence-electron chi connectivity index (χ1n) is 14.3. The molecule has 0 saturated heterocycles. The lowest BCUT2D eigenvalue weighted by molar-refractivity contribution is -0.187. The number of ketones is 2. The molecule has 5 aliphatic rings. The summed E-state index contributed by atoms with van der Waals surface area (Å²) in [5.41, 5.74) is 0.0410. The van der Waals surface area contributed by atoms with Crippen molar-refractivity contribution in [1.29, 1.82) is 0 Å². The number of hydrogen-bond donors (Lipinski definition) is 2. The number of amides is 1. The molecule has 1 unspecified atom stereocenters. The molecule has 5 nitrogen and oxygen atoms in total. The molecule has 0 aliphatic heterocycles. The van der Waals surface area contributed by atoms with E-state index in [9.17, 15) is 19.5 Å². The molecule has 0 radical (unpaired) electrons. The Balaban J connectivity index is 1.59. The number of fused-ring (bicyclic) bond motifs is 7. The number of carbonyl (C=O) groups excluding carboxylic acids is 3. The zero-order valence-corrected chi connectivity index (χ0v) is 23.6. The van der Waals surface area contributed by atoms with Crippen molar-refractivity contribution >= 4 is 17.5 Å². The van der Waals surface area contributed by atoms with Crippen LogP contribution in [0.2, 0.25) is 0 Å². The van der Waals surface area contributed by atoms with Crippen molar-refractivity contribution in [2.75, 3.05) is 6.73 Å². The van der Waals surface area contributed by atoms with E-state index in [1.807, 2.05) is 13.0 Å². The van der Waals surface area contributed by atoms with Gasteiger partial charge in [-0.2, -0.15) is 0 Å². The number of hydrogen-bond acceptors (Lipinski definition) is 4. The SMILES string of the molecule is CC1(C)C(=O)CC[C@@]2(C)C1CC[C@]1(C)[C@@H]2C(=O)C=C2[C@@H]3C[C@@](C)(C(=O)NCO)CC[C@]3(C)CC[C@]21C. The van der Waals surface area contributed by atoms with Crippen molar-refractivity contribution in [2.24, 2.45) is 50.2 Å². The summed E-state index contributed by atoms with van der Waals surface area (Å²) in [7, 11) is 0. The first kappa shape index (κ1) is 26.1. The third kappa shape index (κ3) is 3.13. The van der Waals surface area contributed by atoms with Crippen LogP contribution in [-0.4, -0.2) is 29.3 Å². The molecule has 5 aliphatic carbocycles. The Morgan fingerprint density at radius 3 is 2.31 bits per heavy atom. The van der Waals surface area contributed by atoms with E-state index < -0.39 is 5.41 Å². The summed E-state index contributed by atoms with van der Waals surface area (Å²) >= 11 is 0. The number of aliphatic hydroxyl groups excluding tert-OH is 1. The van der Waals surface area contributed by atoms with E-state index in [-0.39, 0.29) is 63.2 Å². The van der Waals surface area contributed by atoms with Crippen LogP contribution >= 0.6 is 0 Å². The molecule has 0 aromatic carbocycles. The minimum Gasteiger partial charge on any atom is -0.377 e. The molecule has 4 saturated carbocycles. The number of aliphatic hydroxyl groups is 1. The summed E-state index contributed by atoms with van der Waals surface area (Å²) in [6.45, 7) is 15.4. The van der Waals surface area contributed by atoms with E-state index in [1.54, 1.807) is 0 Å². The van der Waals surface area contributed by atoms with Crippen LogP contribution in [-0.2, 0) is 14.4 Å². The number of Topliss-reactive ketones (excluding diaryl/α,β-unsaturated/α-hetero) is 1. The summed E-state index contributed by atoms with van der Waals surface area (Å²) in [5.74, 6) is 0.904. The first-order valence-corrected chi connectivity index (χ1v) is 14.3. The van der Waals surface area contributed by atoms with E-state index in [1.165, 1.54) is 5.57 Å². The van der Waals surface area contributed by atoms with Gasteiger partial charge in [0.05, 0.1) is 0 Å². The third-order valence-electron chi connectivity index (χ3n) is 13.1. The zero-order valence-electron chi connectivity index (χ0n) is 23.6. The van der Waals surface area contributed by atoms with Gasteiger partial charge >= 0.3 is 0 Å². The van der Waals surface area contributed by atoms with Gasteiger partial charge in [-0.05, 0) is 90.9 Å². The quantitative estimate of drug-likeness (QED) is 0.486. The van der Waals surface area contributed by atoms with Gasteiger partial charge < -0.3 is 10.4 Å². The van der Waals surface area contributed by atoms with Crippen molar-refractivity contribution in [2.45, 2.75) is 106 Å². The molecule has 1 amide bonds. The van der Waals surface area contributed by atoms with Gasteiger partial charge in [0.1, 0.15) is 12.5 Å². The molecule has 0 spiro atoms. The van der Waals surface area contributed by atoms with Crippen molar-refractivity contribution < 1.29 is 19.5 Å². The van der Waals surface area contributed by atoms with Gasteiger partial charge in [0.15, 0.2) is 5.78 Å². The first-order chi connectivity index (χ1) is 16.6. The average Bonchev–Trinajstić information content (AvgIpc) is 2.79. The molecule has 0 aromatic rings. The zero-order chi connectivity index (χ0) is 26.5. The second-order valence-electron chi connectivity index (χ2n) is 15.1. The maximum Gasteiger partial charge on any atom is 0.227 e. The maximum absolute atomic E-state index is 14.3. The second kappa shape index (κ2) is 7.77. The standard InChI is InChI=1S/C31H47NO4/c1-26(2)22-8-11-31(7)24(29(22,5)10-9-23(26)35)21(34)16-19-20-17-28(4,25(36)32-18-33)13-12-27(20,3)14-15-30(19,31)6/h16,20,22,24,33H,8-15,17-18H2,1-7H3,(H,32,36)/t20-,22?,24+,27+,28-,29-,30+,31+/m0/s1. The Morgan fingerprint density at radius 1 is 0.972 bits per heavy atom. The fourth-order valence-electron chi connectivity index (χ4n) is 10.5. The monoisotopic (exact) mass is 497 g/mol. The lowest BCUT2D eigenvalue weighted by atomic mass is 9.33. The van der Waals surface area contributed by atoms with Crippen LogP contribution in [0.3, 0.4) is 0 Å². The van der Waals surface area contributed by atoms with Gasteiger partial charge in [0.2, 0.25) is 5.91 Å². The molecule has 2 N–H and O–H groups in total. The topological polar surface area (TPSA) is 83.5 Å². The second-order valence-corrected chi connectivity index (χ2v) is 15.1. The van der Waals surface area contributed by atoms with E-state index in [2.05, 4.69) is 46.9 Å². The highest BCUT2D eigenvalue weighted by Gasteiger charge is 2.70. The number of nitrogens with one attached hydrogen (secondary N) is 1. The fourth-order valence-corrected chi connectivity index (χ4v) is 10.5. The highest BCUT2D eigenvalue weighted by atomic mass is 16.3. The predicted molar refractivity (Wildman–Crippen MR) is 140 cm³/mol. The van der Waals surface area contributed by atoms with Gasteiger partial charge in [-0.3, -0.25) is 14.4 Å². The molecule has 200 valence electrons. The van der Waals surface area contributed by atoms with Crippen LogP contribution in [0.25, 0.3) is 0 Å². The van der Waals surface area contributed by atoms with Gasteiger partial charge in [-0.1, -0.05) is 54.0 Å². The molecule has 5 rings (SSSR count). The van der Waals surface area contributed by atoms with Crippen LogP contribution in [0.15, 0.2) is 11.6 Å². The van der Waals surface area contributed by atoms with Crippen molar-refractivity contribution in [3.8, 4) is 0 Å². The third-order valence-corrected chi connectivity index (χ3v) is 13.1. The number of carbonyl (C=O) groups is 3. The normalized spacial score (nSPS) is 49.7. The van der Waals surface area contributed by atoms with Crippen molar-refractivity contribution in [3.63, 3.8) is 0 Å². The highest BCUT2D eigenvalue weighted by molar-refractivity contribution is 5.96. The molecule has 0 bridgehead atoms. The average molecular weight is 498 g/mol. The van der Waals surface area contributed by atoms with E-state index in [4.69, 9.17) is 0 Å². The minimum absolute atomic E-state index is 0.0677. The van der Waals surface area contributed by atoms with Crippen LogP contribution in [0.5, 0.6) is 0 Å². The molecule has 5 heteroatoms. The van der Waals surface area contributed by atoms with Gasteiger partial charge in [-0.15, -0.1) is 0 Å². The molecule has 4 fully saturated rings. The smallest absolute Gasteiger partial charge is 0.227 e. The minimum atomic E-state index is -0.538. The van der Waals surface area contributed by atoms with E-state index in [0.717, 1.165) is 51.4 Å². The number of rotatable bonds is 2. The Kier molecular flexibility index (Phi) is 5.64. The summed E-state index contributed by atoms with van der Waals surface area (Å²) < 4.78 is 0. The van der Waals surface area contributed by atoms with Gasteiger partial charge in [0, 0.05) is 23.2 Å². The Bertz CT molecular complexity index is 1050. The lowest BCUT2D eigenvalue weighted by Crippen LogP contribution is -2.66. The highest BCUT2D eigenvalue weighted by Crippen LogP contribution is 2.74. The van der Waals surface area contributed by atoms with Crippen molar-refractivity contribution in [1.82, 2.24) is 5.32 Å². The summed E-state index contributed by atoms with van der Waals surface area (Å²) in [4.78, 5) is 40.2. The van der Waals surface area contributed by atoms with E-state index >= 15 is 0 Å². The summed E-state index contributed by atoms with van der Waals surface area (Å²) in [6, 6.07) is 0. The molecular weight excluding hydrogens is 450 g/mol. The summed E-state index contributed by atoms with van der Waals surface area (Å²) in [6.07, 6.45) is 10.1. The maximum atomic E-state index is 14.3.